The highest BCUT2D eigenvalue weighted by Gasteiger charge is 2.39. The average Bonchev–Trinajstić information content (AvgIpc) is 2.24. The van der Waals surface area contributed by atoms with Gasteiger partial charge in [0.2, 0.25) is 0 Å². The second-order valence-corrected chi connectivity index (χ2v) is 6.10. The minimum absolute atomic E-state index is 0.0857. The average molecular weight is 272 g/mol. The number of carbonyl (C=O) groups is 2. The smallest absolute Gasteiger partial charge is 0.306 e. The zero-order valence-electron chi connectivity index (χ0n) is 11.9. The molecule has 5 heteroatoms. The molecule has 0 amide bonds. The van der Waals surface area contributed by atoms with Crippen molar-refractivity contribution in [3.8, 4) is 0 Å². The molecule has 0 aromatic rings. The molecule has 0 saturated heterocycles. The van der Waals surface area contributed by atoms with Crippen LogP contribution in [0.2, 0.25) is 0 Å². The van der Waals surface area contributed by atoms with Gasteiger partial charge in [0.1, 0.15) is 6.10 Å². The first-order valence-corrected chi connectivity index (χ1v) is 6.83. The van der Waals surface area contributed by atoms with Gasteiger partial charge in [0.25, 0.3) is 0 Å². The van der Waals surface area contributed by atoms with Crippen molar-refractivity contribution < 1.29 is 24.5 Å². The van der Waals surface area contributed by atoms with Crippen LogP contribution in [0.25, 0.3) is 0 Å². The van der Waals surface area contributed by atoms with Crippen LogP contribution >= 0.6 is 0 Å². The van der Waals surface area contributed by atoms with E-state index in [9.17, 15) is 14.7 Å². The molecule has 1 saturated carbocycles. The van der Waals surface area contributed by atoms with E-state index in [0.29, 0.717) is 5.92 Å². The molecule has 0 aromatic carbocycles. The molecule has 1 fully saturated rings. The van der Waals surface area contributed by atoms with E-state index in [1.807, 2.05) is 0 Å². The van der Waals surface area contributed by atoms with Crippen LogP contribution < -0.4 is 0 Å². The Morgan fingerprint density at radius 3 is 2.42 bits per heavy atom. The lowest BCUT2D eigenvalue weighted by Crippen LogP contribution is -2.45. The lowest BCUT2D eigenvalue weighted by molar-refractivity contribution is -0.163. The van der Waals surface area contributed by atoms with Crippen LogP contribution in [0.1, 0.15) is 52.9 Å². The second kappa shape index (κ2) is 6.37. The minimum Gasteiger partial charge on any atom is -0.481 e. The van der Waals surface area contributed by atoms with Crippen LogP contribution in [-0.4, -0.2) is 33.9 Å². The summed E-state index contributed by atoms with van der Waals surface area (Å²) in [5.41, 5.74) is -0.891. The zero-order chi connectivity index (χ0) is 14.6. The van der Waals surface area contributed by atoms with Crippen LogP contribution in [0.4, 0.5) is 0 Å². The highest BCUT2D eigenvalue weighted by molar-refractivity contribution is 5.76. The summed E-state index contributed by atoms with van der Waals surface area (Å²) in [6.07, 6.45) is 1.92. The molecule has 5 nitrogen and oxygen atoms in total. The number of hydrogen-bond donors (Lipinski definition) is 2. The third-order valence-corrected chi connectivity index (χ3v) is 3.79. The summed E-state index contributed by atoms with van der Waals surface area (Å²) in [6.45, 7) is 5.55. The lowest BCUT2D eigenvalue weighted by Gasteiger charge is -2.40. The molecule has 3 atom stereocenters. The second-order valence-electron chi connectivity index (χ2n) is 6.10. The van der Waals surface area contributed by atoms with E-state index < -0.39 is 17.5 Å². The largest absolute Gasteiger partial charge is 0.481 e. The molecule has 0 radical (unpaired) electrons. The SMILES string of the molecule is CC1CCC(C(C)(C)O)C(OC(=O)CCC(=O)O)C1. The van der Waals surface area contributed by atoms with Crippen LogP contribution in [-0.2, 0) is 14.3 Å². The Kier molecular flexibility index (Phi) is 5.35. The zero-order valence-corrected chi connectivity index (χ0v) is 11.9. The summed E-state index contributed by atoms with van der Waals surface area (Å²) in [6, 6.07) is 0. The monoisotopic (exact) mass is 272 g/mol. The van der Waals surface area contributed by atoms with Crippen molar-refractivity contribution in [3.05, 3.63) is 0 Å². The Balaban J connectivity index is 2.60. The molecule has 110 valence electrons. The maximum absolute atomic E-state index is 11.6. The van der Waals surface area contributed by atoms with Gasteiger partial charge in [0.15, 0.2) is 0 Å². The maximum atomic E-state index is 11.6. The Hall–Kier alpha value is -1.10. The van der Waals surface area contributed by atoms with Gasteiger partial charge in [-0.25, -0.2) is 0 Å². The number of aliphatic carboxylic acids is 1. The van der Waals surface area contributed by atoms with Crippen LogP contribution in [0.15, 0.2) is 0 Å². The van der Waals surface area contributed by atoms with Crippen LogP contribution in [0.3, 0.4) is 0 Å². The van der Waals surface area contributed by atoms with E-state index in [2.05, 4.69) is 6.92 Å². The molecule has 1 rings (SSSR count). The maximum Gasteiger partial charge on any atom is 0.306 e. The Morgan fingerprint density at radius 1 is 1.26 bits per heavy atom. The molecule has 3 unspecified atom stereocenters. The molecule has 0 aliphatic heterocycles. The standard InChI is InChI=1S/C14H24O5/c1-9-4-5-10(14(2,3)18)11(8-9)19-13(17)7-6-12(15)16/h9-11,18H,4-8H2,1-3H3,(H,15,16). The summed E-state index contributed by atoms with van der Waals surface area (Å²) in [4.78, 5) is 22.1. The number of esters is 1. The van der Waals surface area contributed by atoms with Gasteiger partial charge >= 0.3 is 11.9 Å². The normalized spacial score (nSPS) is 27.9. The predicted octanol–water partition coefficient (Wildman–Crippen LogP) is 1.97. The number of ether oxygens (including phenoxy) is 1. The van der Waals surface area contributed by atoms with Crippen molar-refractivity contribution >= 4 is 11.9 Å². The quantitative estimate of drug-likeness (QED) is 0.747. The minimum atomic E-state index is -1.01. The number of carbonyl (C=O) groups excluding carboxylic acids is 1. The first-order valence-electron chi connectivity index (χ1n) is 6.83. The third-order valence-electron chi connectivity index (χ3n) is 3.79. The highest BCUT2D eigenvalue weighted by Crippen LogP contribution is 2.37. The number of rotatable bonds is 5. The lowest BCUT2D eigenvalue weighted by atomic mass is 9.73. The summed E-state index contributed by atoms with van der Waals surface area (Å²) < 4.78 is 5.39. The number of aliphatic hydroxyl groups is 1. The topological polar surface area (TPSA) is 83.8 Å². The van der Waals surface area contributed by atoms with Crippen molar-refractivity contribution in [2.24, 2.45) is 11.8 Å². The van der Waals surface area contributed by atoms with E-state index in [-0.39, 0.29) is 24.9 Å². The Morgan fingerprint density at radius 2 is 1.89 bits per heavy atom. The number of carboxylic acids is 1. The molecule has 0 spiro atoms. The molecule has 1 aliphatic rings. The van der Waals surface area contributed by atoms with Gasteiger partial charge in [-0.2, -0.15) is 0 Å². The predicted molar refractivity (Wildman–Crippen MR) is 69.6 cm³/mol. The van der Waals surface area contributed by atoms with Gasteiger partial charge in [-0.15, -0.1) is 0 Å². The van der Waals surface area contributed by atoms with Gasteiger partial charge in [0, 0.05) is 5.92 Å². The molecular weight excluding hydrogens is 248 g/mol. The fourth-order valence-electron chi connectivity index (χ4n) is 2.70. The van der Waals surface area contributed by atoms with Crippen LogP contribution in [0, 0.1) is 11.8 Å². The molecular formula is C14H24O5. The third kappa shape index (κ3) is 5.19. The fourth-order valence-corrected chi connectivity index (χ4v) is 2.70. The summed E-state index contributed by atoms with van der Waals surface area (Å²) in [5.74, 6) is -1.13. The van der Waals surface area contributed by atoms with Gasteiger partial charge < -0.3 is 14.9 Å². The van der Waals surface area contributed by atoms with E-state index in [1.165, 1.54) is 0 Å². The first kappa shape index (κ1) is 16.0. The Bertz CT molecular complexity index is 331. The fraction of sp³-hybridized carbons (Fsp3) is 0.857. The molecule has 2 N–H and O–H groups in total. The molecule has 1 aliphatic carbocycles. The summed E-state index contributed by atoms with van der Waals surface area (Å²) in [5, 5.41) is 18.7. The molecule has 0 bridgehead atoms. The van der Waals surface area contributed by atoms with E-state index >= 15 is 0 Å². The molecule has 0 aromatic heterocycles. The van der Waals surface area contributed by atoms with Gasteiger partial charge in [0.05, 0.1) is 18.4 Å². The van der Waals surface area contributed by atoms with Crippen molar-refractivity contribution in [1.29, 1.82) is 0 Å². The van der Waals surface area contributed by atoms with Gasteiger partial charge in [-0.1, -0.05) is 13.3 Å². The van der Waals surface area contributed by atoms with E-state index in [4.69, 9.17) is 9.84 Å². The van der Waals surface area contributed by atoms with Crippen LogP contribution in [0.5, 0.6) is 0 Å². The number of hydrogen-bond acceptors (Lipinski definition) is 4. The molecule has 0 heterocycles. The Labute approximate surface area is 114 Å². The number of carboxylic acid groups (broad SMARTS) is 1. The molecule has 19 heavy (non-hydrogen) atoms. The highest BCUT2D eigenvalue weighted by atomic mass is 16.5. The van der Waals surface area contributed by atoms with Crippen molar-refractivity contribution in [2.75, 3.05) is 0 Å². The van der Waals surface area contributed by atoms with Crippen molar-refractivity contribution in [2.45, 2.75) is 64.6 Å². The first-order chi connectivity index (χ1) is 8.70. The van der Waals surface area contributed by atoms with E-state index in [1.54, 1.807) is 13.8 Å². The van der Waals surface area contributed by atoms with Crippen molar-refractivity contribution in [3.63, 3.8) is 0 Å². The van der Waals surface area contributed by atoms with E-state index in [0.717, 1.165) is 19.3 Å². The summed E-state index contributed by atoms with van der Waals surface area (Å²) >= 11 is 0. The van der Waals surface area contributed by atoms with Gasteiger partial charge in [-0.05, 0) is 32.6 Å². The van der Waals surface area contributed by atoms with Gasteiger partial charge in [-0.3, -0.25) is 9.59 Å². The van der Waals surface area contributed by atoms with Crippen molar-refractivity contribution in [1.82, 2.24) is 0 Å². The summed E-state index contributed by atoms with van der Waals surface area (Å²) in [7, 11) is 0.